The number of rotatable bonds is 6. The SMILES string of the molecule is CC(CN(C)C(=O)Nc1nnc(Cc2ccccc2F)s1)C(=O)O. The first kappa shape index (κ1) is 17.8. The number of aromatic nitrogens is 2. The van der Waals surface area contributed by atoms with Crippen LogP contribution in [0.2, 0.25) is 0 Å². The number of nitrogens with one attached hydrogen (secondary N) is 1. The number of hydrogen-bond acceptors (Lipinski definition) is 5. The number of benzene rings is 1. The van der Waals surface area contributed by atoms with Crippen molar-refractivity contribution in [3.05, 3.63) is 40.7 Å². The first-order chi connectivity index (χ1) is 11.4. The van der Waals surface area contributed by atoms with Gasteiger partial charge in [-0.15, -0.1) is 10.2 Å². The molecule has 1 heterocycles. The number of carbonyl (C=O) groups is 2. The van der Waals surface area contributed by atoms with E-state index in [-0.39, 0.29) is 23.9 Å². The van der Waals surface area contributed by atoms with Crippen LogP contribution in [0.5, 0.6) is 0 Å². The van der Waals surface area contributed by atoms with E-state index in [1.807, 2.05) is 0 Å². The van der Waals surface area contributed by atoms with Gasteiger partial charge >= 0.3 is 12.0 Å². The second kappa shape index (κ2) is 7.82. The van der Waals surface area contributed by atoms with E-state index in [1.54, 1.807) is 18.2 Å². The van der Waals surface area contributed by atoms with E-state index in [0.29, 0.717) is 10.6 Å². The van der Waals surface area contributed by atoms with E-state index < -0.39 is 17.9 Å². The summed E-state index contributed by atoms with van der Waals surface area (Å²) in [6.45, 7) is 1.59. The highest BCUT2D eigenvalue weighted by atomic mass is 32.1. The van der Waals surface area contributed by atoms with E-state index >= 15 is 0 Å². The molecule has 1 atom stereocenters. The monoisotopic (exact) mass is 352 g/mol. The Kier molecular flexibility index (Phi) is 5.80. The second-order valence-electron chi connectivity index (χ2n) is 5.32. The van der Waals surface area contributed by atoms with Crippen LogP contribution in [-0.2, 0) is 11.2 Å². The summed E-state index contributed by atoms with van der Waals surface area (Å²) >= 11 is 1.14. The molecule has 0 saturated heterocycles. The first-order valence-electron chi connectivity index (χ1n) is 7.17. The molecule has 0 aliphatic carbocycles. The number of carboxylic acid groups (broad SMARTS) is 1. The molecule has 2 amide bonds. The molecule has 0 bridgehead atoms. The van der Waals surface area contributed by atoms with Crippen LogP contribution in [0.3, 0.4) is 0 Å². The summed E-state index contributed by atoms with van der Waals surface area (Å²) < 4.78 is 13.6. The normalized spacial score (nSPS) is 11.8. The summed E-state index contributed by atoms with van der Waals surface area (Å²) in [6, 6.07) is 5.91. The second-order valence-corrected chi connectivity index (χ2v) is 6.38. The van der Waals surface area contributed by atoms with E-state index in [0.717, 1.165) is 11.3 Å². The van der Waals surface area contributed by atoms with Crippen molar-refractivity contribution in [2.45, 2.75) is 13.3 Å². The molecule has 1 unspecified atom stereocenters. The number of urea groups is 1. The summed E-state index contributed by atoms with van der Waals surface area (Å²) in [4.78, 5) is 24.1. The van der Waals surface area contributed by atoms with Gasteiger partial charge in [-0.3, -0.25) is 10.1 Å². The average Bonchev–Trinajstić information content (AvgIpc) is 2.96. The summed E-state index contributed by atoms with van der Waals surface area (Å²) in [6.07, 6.45) is 0.284. The highest BCUT2D eigenvalue weighted by Gasteiger charge is 2.18. The van der Waals surface area contributed by atoms with Crippen molar-refractivity contribution >= 4 is 28.5 Å². The lowest BCUT2D eigenvalue weighted by Gasteiger charge is -2.18. The molecule has 0 radical (unpaired) electrons. The van der Waals surface area contributed by atoms with Gasteiger partial charge in [0.15, 0.2) is 0 Å². The number of carboxylic acids is 1. The van der Waals surface area contributed by atoms with E-state index in [2.05, 4.69) is 15.5 Å². The molecule has 0 spiro atoms. The topological polar surface area (TPSA) is 95.4 Å². The number of amides is 2. The summed E-state index contributed by atoms with van der Waals surface area (Å²) in [7, 11) is 1.50. The smallest absolute Gasteiger partial charge is 0.323 e. The van der Waals surface area contributed by atoms with Gasteiger partial charge in [-0.2, -0.15) is 0 Å². The number of nitrogens with zero attached hydrogens (tertiary/aromatic N) is 3. The standard InChI is InChI=1S/C15H17FN4O3S/c1-9(13(21)22)8-20(2)15(23)17-14-19-18-12(24-14)7-10-5-3-4-6-11(10)16/h3-6,9H,7-8H2,1-2H3,(H,21,22)(H,17,19,23). The minimum atomic E-state index is -0.974. The third-order valence-corrected chi connectivity index (χ3v) is 4.13. The molecule has 9 heteroatoms. The molecule has 0 saturated carbocycles. The number of hydrogen-bond donors (Lipinski definition) is 2. The average molecular weight is 352 g/mol. The van der Waals surface area contributed by atoms with Crippen LogP contribution < -0.4 is 5.32 Å². The van der Waals surface area contributed by atoms with Crippen molar-refractivity contribution in [1.29, 1.82) is 0 Å². The van der Waals surface area contributed by atoms with Gasteiger partial charge in [0.25, 0.3) is 0 Å². The Hall–Kier alpha value is -2.55. The number of anilines is 1. The molecule has 24 heavy (non-hydrogen) atoms. The van der Waals surface area contributed by atoms with Crippen LogP contribution in [0.25, 0.3) is 0 Å². The lowest BCUT2D eigenvalue weighted by Crippen LogP contribution is -2.36. The van der Waals surface area contributed by atoms with Gasteiger partial charge in [0, 0.05) is 20.0 Å². The molecular formula is C15H17FN4O3S. The minimum absolute atomic E-state index is 0.0715. The largest absolute Gasteiger partial charge is 0.481 e. The molecule has 7 nitrogen and oxygen atoms in total. The van der Waals surface area contributed by atoms with Gasteiger partial charge in [-0.05, 0) is 11.6 Å². The lowest BCUT2D eigenvalue weighted by atomic mass is 10.1. The van der Waals surface area contributed by atoms with Crippen molar-refractivity contribution in [2.24, 2.45) is 5.92 Å². The van der Waals surface area contributed by atoms with Crippen LogP contribution in [0, 0.1) is 11.7 Å². The highest BCUT2D eigenvalue weighted by Crippen LogP contribution is 2.20. The maximum atomic E-state index is 13.6. The van der Waals surface area contributed by atoms with Gasteiger partial charge in [0.05, 0.1) is 5.92 Å². The Morgan fingerprint density at radius 2 is 2.08 bits per heavy atom. The van der Waals surface area contributed by atoms with Gasteiger partial charge in [-0.25, -0.2) is 9.18 Å². The molecule has 1 aromatic carbocycles. The molecule has 128 valence electrons. The van der Waals surface area contributed by atoms with Crippen molar-refractivity contribution in [2.75, 3.05) is 18.9 Å². The molecule has 2 aromatic rings. The number of carbonyl (C=O) groups excluding carboxylic acids is 1. The highest BCUT2D eigenvalue weighted by molar-refractivity contribution is 7.15. The predicted octanol–water partition coefficient (Wildman–Crippen LogP) is 2.45. The predicted molar refractivity (Wildman–Crippen MR) is 87.6 cm³/mol. The Balaban J connectivity index is 1.95. The first-order valence-corrected chi connectivity index (χ1v) is 7.99. The van der Waals surface area contributed by atoms with E-state index in [4.69, 9.17) is 5.11 Å². The van der Waals surface area contributed by atoms with E-state index in [9.17, 15) is 14.0 Å². The van der Waals surface area contributed by atoms with Crippen LogP contribution in [0.1, 0.15) is 17.5 Å². The number of aliphatic carboxylic acids is 1. The van der Waals surface area contributed by atoms with Gasteiger partial charge in [0.2, 0.25) is 5.13 Å². The summed E-state index contributed by atoms with van der Waals surface area (Å²) in [5, 5.41) is 20.0. The van der Waals surface area contributed by atoms with Crippen molar-refractivity contribution in [1.82, 2.24) is 15.1 Å². The van der Waals surface area contributed by atoms with Gasteiger partial charge < -0.3 is 10.0 Å². The summed E-state index contributed by atoms with van der Waals surface area (Å²) in [5.41, 5.74) is 0.499. The van der Waals surface area contributed by atoms with Crippen LogP contribution >= 0.6 is 11.3 Å². The lowest BCUT2D eigenvalue weighted by molar-refractivity contribution is -0.141. The fraction of sp³-hybridized carbons (Fsp3) is 0.333. The third kappa shape index (κ3) is 4.72. The quantitative estimate of drug-likeness (QED) is 0.833. The summed E-state index contributed by atoms with van der Waals surface area (Å²) in [5.74, 6) is -1.97. The Morgan fingerprint density at radius 3 is 2.75 bits per heavy atom. The number of halogens is 1. The third-order valence-electron chi connectivity index (χ3n) is 3.30. The molecule has 0 fully saturated rings. The Morgan fingerprint density at radius 1 is 1.38 bits per heavy atom. The molecule has 2 rings (SSSR count). The fourth-order valence-corrected chi connectivity index (χ4v) is 2.69. The minimum Gasteiger partial charge on any atom is -0.481 e. The molecule has 0 aliphatic rings. The maximum Gasteiger partial charge on any atom is 0.323 e. The maximum absolute atomic E-state index is 13.6. The van der Waals surface area contributed by atoms with Crippen LogP contribution in [0.15, 0.2) is 24.3 Å². The van der Waals surface area contributed by atoms with Gasteiger partial charge in [-0.1, -0.05) is 36.5 Å². The molecule has 2 N–H and O–H groups in total. The van der Waals surface area contributed by atoms with Gasteiger partial charge in [0.1, 0.15) is 10.8 Å². The zero-order chi connectivity index (χ0) is 17.7. The Bertz CT molecular complexity index is 737. The zero-order valence-corrected chi connectivity index (χ0v) is 14.0. The Labute approximate surface area is 142 Å². The van der Waals surface area contributed by atoms with Crippen molar-refractivity contribution in [3.8, 4) is 0 Å². The van der Waals surface area contributed by atoms with Crippen LogP contribution in [0.4, 0.5) is 14.3 Å². The molecule has 0 aliphatic heterocycles. The van der Waals surface area contributed by atoms with Crippen molar-refractivity contribution < 1.29 is 19.1 Å². The fourth-order valence-electron chi connectivity index (χ4n) is 1.94. The van der Waals surface area contributed by atoms with Crippen molar-refractivity contribution in [3.63, 3.8) is 0 Å². The van der Waals surface area contributed by atoms with Crippen LogP contribution in [-0.4, -0.2) is 45.8 Å². The van der Waals surface area contributed by atoms with E-state index in [1.165, 1.54) is 24.9 Å². The molecule has 1 aromatic heterocycles. The molecular weight excluding hydrogens is 335 g/mol. The zero-order valence-electron chi connectivity index (χ0n) is 13.2.